The smallest absolute Gasteiger partial charge is 0.222 e. The summed E-state index contributed by atoms with van der Waals surface area (Å²) in [5, 5.41) is 7.32. The Bertz CT molecular complexity index is 593. The van der Waals surface area contributed by atoms with Crippen LogP contribution in [-0.4, -0.2) is 38.7 Å². The number of nitrogens with zero attached hydrogens (tertiary/aromatic N) is 4. The first-order valence-electron chi connectivity index (χ1n) is 7.37. The van der Waals surface area contributed by atoms with Crippen LogP contribution in [0, 0.1) is 0 Å². The second-order valence-corrected chi connectivity index (χ2v) is 6.50. The third-order valence-electron chi connectivity index (χ3n) is 3.96. The fourth-order valence-corrected chi connectivity index (χ4v) is 3.62. The second kappa shape index (κ2) is 6.39. The minimum Gasteiger partial charge on any atom is -0.342 e. The molecule has 1 aliphatic rings. The van der Waals surface area contributed by atoms with Gasteiger partial charge in [-0.2, -0.15) is 5.10 Å². The first-order valence-corrected chi connectivity index (χ1v) is 8.25. The van der Waals surface area contributed by atoms with Gasteiger partial charge >= 0.3 is 0 Å². The molecule has 6 heteroatoms. The molecule has 0 saturated carbocycles. The molecule has 1 unspecified atom stereocenters. The molecule has 3 rings (SSSR count). The first-order chi connectivity index (χ1) is 10.2. The SMILES string of the molecule is Cn1cc(CCC(=O)N2CCCC(c3nccs3)C2)cn1. The van der Waals surface area contributed by atoms with Gasteiger partial charge in [0.25, 0.3) is 0 Å². The van der Waals surface area contributed by atoms with E-state index in [-0.39, 0.29) is 5.91 Å². The Kier molecular flexibility index (Phi) is 4.34. The Balaban J connectivity index is 1.54. The van der Waals surface area contributed by atoms with Gasteiger partial charge in [-0.05, 0) is 24.8 Å². The van der Waals surface area contributed by atoms with E-state index in [1.54, 1.807) is 16.0 Å². The lowest BCUT2D eigenvalue weighted by atomic mass is 9.98. The minimum absolute atomic E-state index is 0.250. The Morgan fingerprint density at radius 1 is 1.52 bits per heavy atom. The van der Waals surface area contributed by atoms with Crippen molar-refractivity contribution >= 4 is 17.2 Å². The fourth-order valence-electron chi connectivity index (χ4n) is 2.85. The van der Waals surface area contributed by atoms with Crippen molar-refractivity contribution in [1.29, 1.82) is 0 Å². The zero-order valence-electron chi connectivity index (χ0n) is 12.2. The molecule has 0 aromatic carbocycles. The lowest BCUT2D eigenvalue weighted by molar-refractivity contribution is -0.132. The molecule has 21 heavy (non-hydrogen) atoms. The first kappa shape index (κ1) is 14.3. The Morgan fingerprint density at radius 2 is 2.43 bits per heavy atom. The van der Waals surface area contributed by atoms with Gasteiger partial charge in [0.05, 0.1) is 11.2 Å². The molecule has 0 radical (unpaired) electrons. The topological polar surface area (TPSA) is 51.0 Å². The van der Waals surface area contributed by atoms with Gasteiger partial charge in [0.1, 0.15) is 0 Å². The molecular formula is C15H20N4OS. The standard InChI is InChI=1S/C15H20N4OS/c1-18-10-12(9-17-18)4-5-14(20)19-7-2-3-13(11-19)15-16-6-8-21-15/h6,8-10,13H,2-5,7,11H2,1H3. The number of carbonyl (C=O) groups excluding carboxylic acids is 1. The van der Waals surface area contributed by atoms with Gasteiger partial charge in [-0.3, -0.25) is 9.48 Å². The maximum absolute atomic E-state index is 12.4. The van der Waals surface area contributed by atoms with E-state index in [0.29, 0.717) is 12.3 Å². The van der Waals surface area contributed by atoms with Crippen LogP contribution in [0.25, 0.3) is 0 Å². The molecule has 1 amide bonds. The summed E-state index contributed by atoms with van der Waals surface area (Å²) in [7, 11) is 1.90. The van der Waals surface area contributed by atoms with Crippen LogP contribution in [0.2, 0.25) is 0 Å². The minimum atomic E-state index is 0.250. The van der Waals surface area contributed by atoms with Crippen LogP contribution in [0.4, 0.5) is 0 Å². The summed E-state index contributed by atoms with van der Waals surface area (Å²) in [4.78, 5) is 18.8. The number of likely N-dealkylation sites (tertiary alicyclic amines) is 1. The second-order valence-electron chi connectivity index (χ2n) is 5.57. The predicted molar refractivity (Wildman–Crippen MR) is 82.2 cm³/mol. The van der Waals surface area contributed by atoms with Crippen LogP contribution in [0.1, 0.15) is 35.8 Å². The molecule has 112 valence electrons. The Labute approximate surface area is 128 Å². The van der Waals surface area contributed by atoms with Gasteiger partial charge in [-0.15, -0.1) is 11.3 Å². The highest BCUT2D eigenvalue weighted by molar-refractivity contribution is 7.09. The third kappa shape index (κ3) is 3.50. The highest BCUT2D eigenvalue weighted by Crippen LogP contribution is 2.28. The number of aryl methyl sites for hydroxylation is 2. The molecule has 1 fully saturated rings. The average Bonchev–Trinajstić information content (AvgIpc) is 3.16. The van der Waals surface area contributed by atoms with E-state index >= 15 is 0 Å². The van der Waals surface area contributed by atoms with Gasteiger partial charge in [-0.1, -0.05) is 0 Å². The predicted octanol–water partition coefficient (Wildman–Crippen LogP) is 2.22. The number of hydrogen-bond donors (Lipinski definition) is 0. The van der Waals surface area contributed by atoms with E-state index in [1.807, 2.05) is 35.9 Å². The van der Waals surface area contributed by atoms with Crippen molar-refractivity contribution in [2.75, 3.05) is 13.1 Å². The Morgan fingerprint density at radius 3 is 3.14 bits per heavy atom. The zero-order chi connectivity index (χ0) is 14.7. The molecule has 0 bridgehead atoms. The lowest BCUT2D eigenvalue weighted by Gasteiger charge is -2.32. The van der Waals surface area contributed by atoms with Crippen molar-refractivity contribution < 1.29 is 4.79 Å². The summed E-state index contributed by atoms with van der Waals surface area (Å²) in [5.74, 6) is 0.668. The molecule has 2 aromatic heterocycles. The van der Waals surface area contributed by atoms with Crippen molar-refractivity contribution in [3.8, 4) is 0 Å². The number of piperidine rings is 1. The molecule has 1 saturated heterocycles. The van der Waals surface area contributed by atoms with Crippen LogP contribution in [-0.2, 0) is 18.3 Å². The van der Waals surface area contributed by atoms with E-state index in [0.717, 1.165) is 37.9 Å². The molecule has 0 aliphatic carbocycles. The van der Waals surface area contributed by atoms with E-state index in [1.165, 1.54) is 5.01 Å². The molecule has 5 nitrogen and oxygen atoms in total. The molecule has 0 N–H and O–H groups in total. The van der Waals surface area contributed by atoms with Crippen molar-refractivity contribution in [2.24, 2.45) is 7.05 Å². The molecule has 0 spiro atoms. The van der Waals surface area contributed by atoms with Gasteiger partial charge in [0.15, 0.2) is 0 Å². The number of carbonyl (C=O) groups is 1. The van der Waals surface area contributed by atoms with Crippen LogP contribution in [0.5, 0.6) is 0 Å². The van der Waals surface area contributed by atoms with Gasteiger partial charge in [0.2, 0.25) is 5.91 Å². The molecule has 3 heterocycles. The van der Waals surface area contributed by atoms with E-state index in [9.17, 15) is 4.79 Å². The largest absolute Gasteiger partial charge is 0.342 e. The summed E-state index contributed by atoms with van der Waals surface area (Å²) in [6.45, 7) is 1.70. The van der Waals surface area contributed by atoms with Crippen LogP contribution in [0.3, 0.4) is 0 Å². The zero-order valence-corrected chi connectivity index (χ0v) is 13.1. The molecule has 2 aromatic rings. The average molecular weight is 304 g/mol. The summed E-state index contributed by atoms with van der Waals surface area (Å²) in [6, 6.07) is 0. The maximum atomic E-state index is 12.4. The summed E-state index contributed by atoms with van der Waals surface area (Å²) >= 11 is 1.70. The van der Waals surface area contributed by atoms with E-state index in [2.05, 4.69) is 10.1 Å². The quantitative estimate of drug-likeness (QED) is 0.870. The van der Waals surface area contributed by atoms with Gasteiger partial charge in [0, 0.05) is 50.2 Å². The van der Waals surface area contributed by atoms with Crippen LogP contribution >= 0.6 is 11.3 Å². The molecule has 1 atom stereocenters. The van der Waals surface area contributed by atoms with Crippen LogP contribution < -0.4 is 0 Å². The Hall–Kier alpha value is -1.69. The van der Waals surface area contributed by atoms with Crippen molar-refractivity contribution in [2.45, 2.75) is 31.6 Å². The van der Waals surface area contributed by atoms with E-state index < -0.39 is 0 Å². The highest BCUT2D eigenvalue weighted by atomic mass is 32.1. The monoisotopic (exact) mass is 304 g/mol. The highest BCUT2D eigenvalue weighted by Gasteiger charge is 2.25. The number of aromatic nitrogens is 3. The number of rotatable bonds is 4. The third-order valence-corrected chi connectivity index (χ3v) is 4.90. The van der Waals surface area contributed by atoms with Crippen molar-refractivity contribution in [1.82, 2.24) is 19.7 Å². The number of hydrogen-bond acceptors (Lipinski definition) is 4. The number of thiazole rings is 1. The maximum Gasteiger partial charge on any atom is 0.222 e. The number of amides is 1. The van der Waals surface area contributed by atoms with E-state index in [4.69, 9.17) is 0 Å². The molecule has 1 aliphatic heterocycles. The van der Waals surface area contributed by atoms with Crippen LogP contribution in [0.15, 0.2) is 24.0 Å². The van der Waals surface area contributed by atoms with Gasteiger partial charge in [-0.25, -0.2) is 4.98 Å². The van der Waals surface area contributed by atoms with Crippen molar-refractivity contribution in [3.63, 3.8) is 0 Å². The summed E-state index contributed by atoms with van der Waals surface area (Å²) in [5.41, 5.74) is 1.12. The van der Waals surface area contributed by atoms with Gasteiger partial charge < -0.3 is 4.90 Å². The lowest BCUT2D eigenvalue weighted by Crippen LogP contribution is -2.39. The van der Waals surface area contributed by atoms with Crippen molar-refractivity contribution in [3.05, 3.63) is 34.5 Å². The summed E-state index contributed by atoms with van der Waals surface area (Å²) in [6.07, 6.45) is 9.21. The summed E-state index contributed by atoms with van der Waals surface area (Å²) < 4.78 is 1.78. The normalized spacial score (nSPS) is 18.9. The molecular weight excluding hydrogens is 284 g/mol. The fraction of sp³-hybridized carbons (Fsp3) is 0.533.